The average Bonchev–Trinajstić information content (AvgIpc) is 2.04. The molecule has 1 aromatic rings. The minimum Gasteiger partial charge on any atom is -0.330 e. The zero-order chi connectivity index (χ0) is 9.90. The fourth-order valence-electron chi connectivity index (χ4n) is 1.17. The monoisotopic (exact) mass is 221 g/mol. The average molecular weight is 222 g/mol. The van der Waals surface area contributed by atoms with Crippen molar-refractivity contribution in [1.82, 2.24) is 0 Å². The Morgan fingerprint density at radius 2 is 2.00 bits per heavy atom. The van der Waals surface area contributed by atoms with Gasteiger partial charge in [0.25, 0.3) is 5.92 Å². The van der Waals surface area contributed by atoms with E-state index in [4.69, 9.17) is 5.73 Å². The Morgan fingerprint density at radius 1 is 1.36 bits per heavy atom. The Balaban J connectivity index is 0.00000169. The smallest absolute Gasteiger partial charge is 0.270 e. The summed E-state index contributed by atoms with van der Waals surface area (Å²) in [5.41, 5.74) is 6.25. The summed E-state index contributed by atoms with van der Waals surface area (Å²) in [7, 11) is 0. The lowest BCUT2D eigenvalue weighted by molar-refractivity contribution is 0.0174. The second-order valence-corrected chi connectivity index (χ2v) is 3.13. The molecule has 0 aliphatic carbocycles. The standard InChI is InChI=1S/C10H13F2N.ClH/c1-10(11,12)9-4-2-3-8(7-9)5-6-13;/h2-4,7H,5-6,13H2,1H3;1H. The number of rotatable bonds is 3. The van der Waals surface area contributed by atoms with E-state index in [1.165, 1.54) is 12.1 Å². The molecule has 0 saturated heterocycles. The Kier molecular flexibility index (Phi) is 5.02. The summed E-state index contributed by atoms with van der Waals surface area (Å²) in [6, 6.07) is 6.38. The Bertz CT molecular complexity index is 284. The highest BCUT2D eigenvalue weighted by molar-refractivity contribution is 5.85. The third-order valence-electron chi connectivity index (χ3n) is 1.87. The molecule has 0 aromatic heterocycles. The van der Waals surface area contributed by atoms with Crippen LogP contribution in [-0.2, 0) is 12.3 Å². The van der Waals surface area contributed by atoms with Crippen LogP contribution in [0.15, 0.2) is 24.3 Å². The van der Waals surface area contributed by atoms with Gasteiger partial charge in [-0.2, -0.15) is 0 Å². The maximum Gasteiger partial charge on any atom is 0.270 e. The molecule has 4 heteroatoms. The molecule has 1 rings (SSSR count). The number of hydrogen-bond acceptors (Lipinski definition) is 1. The maximum absolute atomic E-state index is 12.8. The summed E-state index contributed by atoms with van der Waals surface area (Å²) in [6.45, 7) is 1.38. The minimum absolute atomic E-state index is 0. The molecule has 0 heterocycles. The second-order valence-electron chi connectivity index (χ2n) is 3.13. The molecule has 0 radical (unpaired) electrons. The van der Waals surface area contributed by atoms with E-state index in [-0.39, 0.29) is 18.0 Å². The maximum atomic E-state index is 12.8. The first-order valence-corrected chi connectivity index (χ1v) is 4.21. The van der Waals surface area contributed by atoms with Crippen LogP contribution in [0.2, 0.25) is 0 Å². The van der Waals surface area contributed by atoms with Gasteiger partial charge in [-0.25, -0.2) is 8.78 Å². The zero-order valence-corrected chi connectivity index (χ0v) is 8.78. The lowest BCUT2D eigenvalue weighted by Crippen LogP contribution is -2.08. The van der Waals surface area contributed by atoms with E-state index in [9.17, 15) is 8.78 Å². The first-order chi connectivity index (χ1) is 6.04. The normalized spacial score (nSPS) is 10.9. The van der Waals surface area contributed by atoms with Crippen molar-refractivity contribution in [1.29, 1.82) is 0 Å². The molecular weight excluding hydrogens is 208 g/mol. The predicted molar refractivity (Wildman–Crippen MR) is 56.0 cm³/mol. The van der Waals surface area contributed by atoms with Gasteiger partial charge in [-0.1, -0.05) is 18.2 Å². The van der Waals surface area contributed by atoms with E-state index in [0.717, 1.165) is 12.5 Å². The van der Waals surface area contributed by atoms with Crippen molar-refractivity contribution in [2.75, 3.05) is 6.54 Å². The van der Waals surface area contributed by atoms with Gasteiger partial charge in [0.15, 0.2) is 0 Å². The van der Waals surface area contributed by atoms with Gasteiger partial charge in [0.2, 0.25) is 0 Å². The molecule has 0 unspecified atom stereocenters. The third kappa shape index (κ3) is 3.60. The van der Waals surface area contributed by atoms with E-state index < -0.39 is 5.92 Å². The van der Waals surface area contributed by atoms with Crippen LogP contribution in [0, 0.1) is 0 Å². The molecule has 14 heavy (non-hydrogen) atoms. The highest BCUT2D eigenvalue weighted by Gasteiger charge is 2.23. The third-order valence-corrected chi connectivity index (χ3v) is 1.87. The van der Waals surface area contributed by atoms with Gasteiger partial charge in [0.1, 0.15) is 0 Å². The summed E-state index contributed by atoms with van der Waals surface area (Å²) < 4.78 is 25.7. The van der Waals surface area contributed by atoms with Crippen molar-refractivity contribution in [3.05, 3.63) is 35.4 Å². The van der Waals surface area contributed by atoms with Crippen molar-refractivity contribution in [3.63, 3.8) is 0 Å². The van der Waals surface area contributed by atoms with Gasteiger partial charge in [-0.05, 0) is 24.6 Å². The van der Waals surface area contributed by atoms with Crippen molar-refractivity contribution < 1.29 is 8.78 Å². The molecule has 0 aliphatic heterocycles. The number of nitrogens with two attached hydrogens (primary N) is 1. The molecule has 1 aromatic carbocycles. The Hall–Kier alpha value is -0.670. The van der Waals surface area contributed by atoms with Crippen LogP contribution in [0.5, 0.6) is 0 Å². The summed E-state index contributed by atoms with van der Waals surface area (Å²) in [5.74, 6) is -2.76. The molecule has 0 fully saturated rings. The molecule has 0 spiro atoms. The first-order valence-electron chi connectivity index (χ1n) is 4.21. The number of halogens is 3. The fourth-order valence-corrected chi connectivity index (χ4v) is 1.17. The van der Waals surface area contributed by atoms with Crippen LogP contribution in [0.1, 0.15) is 18.1 Å². The SMILES string of the molecule is CC(F)(F)c1cccc(CCN)c1.Cl. The molecular formula is C10H14ClF2N. The summed E-state index contributed by atoms with van der Waals surface area (Å²) in [4.78, 5) is 0. The molecule has 0 amide bonds. The van der Waals surface area contributed by atoms with Crippen molar-refractivity contribution in [2.45, 2.75) is 19.3 Å². The van der Waals surface area contributed by atoms with E-state index in [0.29, 0.717) is 13.0 Å². The van der Waals surface area contributed by atoms with Gasteiger partial charge < -0.3 is 5.73 Å². The van der Waals surface area contributed by atoms with Gasteiger partial charge in [-0.3, -0.25) is 0 Å². The fraction of sp³-hybridized carbons (Fsp3) is 0.400. The lowest BCUT2D eigenvalue weighted by Gasteiger charge is -2.11. The van der Waals surface area contributed by atoms with E-state index >= 15 is 0 Å². The van der Waals surface area contributed by atoms with Crippen LogP contribution >= 0.6 is 12.4 Å². The van der Waals surface area contributed by atoms with Gasteiger partial charge in [-0.15, -0.1) is 12.4 Å². The zero-order valence-electron chi connectivity index (χ0n) is 7.97. The minimum atomic E-state index is -2.76. The largest absolute Gasteiger partial charge is 0.330 e. The molecule has 80 valence electrons. The Labute approximate surface area is 88.7 Å². The quantitative estimate of drug-likeness (QED) is 0.835. The van der Waals surface area contributed by atoms with Crippen LogP contribution in [0.4, 0.5) is 8.78 Å². The van der Waals surface area contributed by atoms with Crippen molar-refractivity contribution in [3.8, 4) is 0 Å². The number of hydrogen-bond donors (Lipinski definition) is 1. The van der Waals surface area contributed by atoms with Crippen molar-refractivity contribution in [2.24, 2.45) is 5.73 Å². The van der Waals surface area contributed by atoms with Gasteiger partial charge in [0, 0.05) is 12.5 Å². The second kappa shape index (κ2) is 5.27. The first kappa shape index (κ1) is 13.3. The van der Waals surface area contributed by atoms with Crippen LogP contribution in [-0.4, -0.2) is 6.54 Å². The topological polar surface area (TPSA) is 26.0 Å². The van der Waals surface area contributed by atoms with E-state index in [1.54, 1.807) is 6.07 Å². The number of benzene rings is 1. The van der Waals surface area contributed by atoms with Gasteiger partial charge >= 0.3 is 0 Å². The summed E-state index contributed by atoms with van der Waals surface area (Å²) >= 11 is 0. The lowest BCUT2D eigenvalue weighted by atomic mass is 10.0. The number of alkyl halides is 2. The summed E-state index contributed by atoms with van der Waals surface area (Å²) in [6.07, 6.45) is 0.643. The predicted octanol–water partition coefficient (Wildman–Crippen LogP) is 2.72. The molecule has 0 saturated carbocycles. The van der Waals surface area contributed by atoms with Gasteiger partial charge in [0.05, 0.1) is 0 Å². The molecule has 2 N–H and O–H groups in total. The van der Waals surface area contributed by atoms with Crippen LogP contribution < -0.4 is 5.73 Å². The highest BCUT2D eigenvalue weighted by atomic mass is 35.5. The highest BCUT2D eigenvalue weighted by Crippen LogP contribution is 2.27. The molecule has 0 atom stereocenters. The van der Waals surface area contributed by atoms with Crippen LogP contribution in [0.25, 0.3) is 0 Å². The van der Waals surface area contributed by atoms with E-state index in [2.05, 4.69) is 0 Å². The van der Waals surface area contributed by atoms with E-state index in [1.807, 2.05) is 6.07 Å². The summed E-state index contributed by atoms with van der Waals surface area (Å²) in [5, 5.41) is 0. The molecule has 0 bridgehead atoms. The molecule has 1 nitrogen and oxygen atoms in total. The molecule has 0 aliphatic rings. The van der Waals surface area contributed by atoms with Crippen molar-refractivity contribution >= 4 is 12.4 Å². The Morgan fingerprint density at radius 3 is 2.50 bits per heavy atom. The van der Waals surface area contributed by atoms with Crippen LogP contribution in [0.3, 0.4) is 0 Å².